The molecule has 0 N–H and O–H groups in total. The molecule has 3 atom stereocenters. The van der Waals surface area contributed by atoms with E-state index in [0.29, 0.717) is 29.1 Å². The van der Waals surface area contributed by atoms with E-state index in [-0.39, 0.29) is 5.97 Å². The Hall–Kier alpha value is -0.960. The molecule has 0 spiro atoms. The summed E-state index contributed by atoms with van der Waals surface area (Å²) in [5.41, 5.74) is 2.12. The maximum absolute atomic E-state index is 11.9. The monoisotopic (exact) mass is 346 g/mol. The van der Waals surface area contributed by atoms with Crippen LogP contribution in [0.4, 0.5) is 0 Å². The summed E-state index contributed by atoms with van der Waals surface area (Å²) in [6.07, 6.45) is 5.41. The highest BCUT2D eigenvalue weighted by molar-refractivity contribution is 7.99. The van der Waals surface area contributed by atoms with Crippen LogP contribution in [-0.2, 0) is 16.0 Å². The van der Waals surface area contributed by atoms with Crippen LogP contribution in [-0.4, -0.2) is 23.6 Å². The predicted octanol–water partition coefficient (Wildman–Crippen LogP) is 5.11. The van der Waals surface area contributed by atoms with Crippen molar-refractivity contribution in [2.45, 2.75) is 58.1 Å². The zero-order valence-corrected chi connectivity index (χ0v) is 16.0. The van der Waals surface area contributed by atoms with Crippen LogP contribution in [0, 0.1) is 16.7 Å². The van der Waals surface area contributed by atoms with Crippen LogP contribution in [0.25, 0.3) is 0 Å². The van der Waals surface area contributed by atoms with Gasteiger partial charge in [-0.25, -0.2) is 0 Å². The smallest absolute Gasteiger partial charge is 0.306 e. The van der Waals surface area contributed by atoms with E-state index in [1.807, 2.05) is 30.0 Å². The first kappa shape index (κ1) is 17.8. The predicted molar refractivity (Wildman–Crippen MR) is 101 cm³/mol. The van der Waals surface area contributed by atoms with E-state index in [1.165, 1.54) is 24.8 Å². The molecule has 3 rings (SSSR count). The Labute approximate surface area is 150 Å². The topological polar surface area (TPSA) is 26.3 Å². The summed E-state index contributed by atoms with van der Waals surface area (Å²) in [7, 11) is 0. The van der Waals surface area contributed by atoms with Crippen molar-refractivity contribution in [1.29, 1.82) is 0 Å². The fourth-order valence-corrected chi connectivity index (χ4v) is 6.39. The van der Waals surface area contributed by atoms with Crippen molar-refractivity contribution in [3.8, 4) is 0 Å². The number of hydrogen-bond acceptors (Lipinski definition) is 3. The van der Waals surface area contributed by atoms with Gasteiger partial charge in [0.05, 0.1) is 13.0 Å². The number of carbonyl (C=O) groups is 1. The van der Waals surface area contributed by atoms with Crippen LogP contribution in [0.3, 0.4) is 0 Å². The van der Waals surface area contributed by atoms with Crippen molar-refractivity contribution in [1.82, 2.24) is 0 Å². The largest absolute Gasteiger partial charge is 0.465 e. The van der Waals surface area contributed by atoms with E-state index < -0.39 is 0 Å². The molecule has 0 aromatic heterocycles. The summed E-state index contributed by atoms with van der Waals surface area (Å²) in [5, 5.41) is 0.711. The molecule has 24 heavy (non-hydrogen) atoms. The van der Waals surface area contributed by atoms with Crippen LogP contribution in [0.2, 0.25) is 0 Å². The van der Waals surface area contributed by atoms with Crippen LogP contribution in [0.15, 0.2) is 30.3 Å². The highest BCUT2D eigenvalue weighted by Gasteiger charge is 2.61. The fraction of sp³-hybridized carbons (Fsp3) is 0.667. The molecule has 2 aliphatic rings. The number of benzene rings is 1. The first-order valence-electron chi connectivity index (χ1n) is 9.24. The van der Waals surface area contributed by atoms with Crippen molar-refractivity contribution < 1.29 is 9.53 Å². The molecular formula is C21H30O2S. The molecule has 2 bridgehead atoms. The molecule has 1 aromatic carbocycles. The molecule has 3 unspecified atom stereocenters. The molecule has 132 valence electrons. The van der Waals surface area contributed by atoms with Gasteiger partial charge < -0.3 is 4.74 Å². The Balaban J connectivity index is 1.36. The minimum Gasteiger partial charge on any atom is -0.465 e. The minimum absolute atomic E-state index is 0.0500. The first-order chi connectivity index (χ1) is 11.4. The molecule has 2 saturated carbocycles. The number of thioether (sulfide) groups is 1. The van der Waals surface area contributed by atoms with Crippen LogP contribution in [0.1, 0.15) is 52.0 Å². The molecule has 0 saturated heterocycles. The van der Waals surface area contributed by atoms with Gasteiger partial charge in [0.2, 0.25) is 0 Å². The molecule has 1 aromatic rings. The molecular weight excluding hydrogens is 316 g/mol. The van der Waals surface area contributed by atoms with Gasteiger partial charge in [0.1, 0.15) is 0 Å². The van der Waals surface area contributed by atoms with E-state index in [1.54, 1.807) is 0 Å². The van der Waals surface area contributed by atoms with E-state index in [0.717, 1.165) is 18.1 Å². The second-order valence-electron chi connectivity index (χ2n) is 8.18. The summed E-state index contributed by atoms with van der Waals surface area (Å²) < 4.78 is 5.39. The molecule has 2 nitrogen and oxygen atoms in total. The summed E-state index contributed by atoms with van der Waals surface area (Å²) in [4.78, 5) is 11.9. The Morgan fingerprint density at radius 3 is 2.62 bits per heavy atom. The van der Waals surface area contributed by atoms with Crippen molar-refractivity contribution in [3.63, 3.8) is 0 Å². The Morgan fingerprint density at radius 2 is 2.00 bits per heavy atom. The summed E-state index contributed by atoms with van der Waals surface area (Å²) >= 11 is 2.01. The van der Waals surface area contributed by atoms with Crippen molar-refractivity contribution >= 4 is 17.7 Å². The van der Waals surface area contributed by atoms with Crippen LogP contribution in [0.5, 0.6) is 0 Å². The Bertz CT molecular complexity index is 568. The van der Waals surface area contributed by atoms with Gasteiger partial charge in [-0.2, -0.15) is 11.8 Å². The zero-order valence-electron chi connectivity index (χ0n) is 15.2. The Kier molecular flexibility index (Phi) is 5.29. The third kappa shape index (κ3) is 3.37. The fourth-order valence-electron chi connectivity index (χ4n) is 4.67. The quantitative estimate of drug-likeness (QED) is 0.642. The van der Waals surface area contributed by atoms with Gasteiger partial charge in [0.15, 0.2) is 0 Å². The van der Waals surface area contributed by atoms with Crippen molar-refractivity contribution in [3.05, 3.63) is 35.9 Å². The van der Waals surface area contributed by atoms with Gasteiger partial charge in [-0.3, -0.25) is 4.79 Å². The average Bonchev–Trinajstić information content (AvgIpc) is 2.89. The standard InChI is InChI=1S/C21H30O2S/c1-20(2)17-9-12-21(20,3)18(15-17)24-14-11-19(22)23-13-10-16-7-5-4-6-8-16/h4-8,17-18H,9-15H2,1-3H3. The molecule has 2 aliphatic carbocycles. The lowest BCUT2D eigenvalue weighted by atomic mass is 9.71. The Morgan fingerprint density at radius 1 is 1.25 bits per heavy atom. The molecule has 2 fully saturated rings. The number of rotatable bonds is 7. The van der Waals surface area contributed by atoms with Crippen molar-refractivity contribution in [2.24, 2.45) is 16.7 Å². The number of carbonyl (C=O) groups excluding carboxylic acids is 1. The van der Waals surface area contributed by atoms with Gasteiger partial charge in [0, 0.05) is 17.4 Å². The normalized spacial score (nSPS) is 30.5. The molecule has 0 heterocycles. The number of ether oxygens (including phenoxy) is 1. The third-order valence-corrected chi connectivity index (χ3v) is 8.39. The lowest BCUT2D eigenvalue weighted by Crippen LogP contribution is -2.34. The molecule has 3 heteroatoms. The maximum atomic E-state index is 11.9. The number of esters is 1. The highest BCUT2D eigenvalue weighted by atomic mass is 32.2. The lowest BCUT2D eigenvalue weighted by Gasteiger charge is -2.39. The maximum Gasteiger partial charge on any atom is 0.306 e. The average molecular weight is 347 g/mol. The number of hydrogen-bond donors (Lipinski definition) is 0. The highest BCUT2D eigenvalue weighted by Crippen LogP contribution is 2.68. The third-order valence-electron chi connectivity index (χ3n) is 6.84. The summed E-state index contributed by atoms with van der Waals surface area (Å²) in [5.74, 6) is 1.72. The van der Waals surface area contributed by atoms with Gasteiger partial charge >= 0.3 is 5.97 Å². The first-order valence-corrected chi connectivity index (χ1v) is 10.3. The van der Waals surface area contributed by atoms with Crippen LogP contribution < -0.4 is 0 Å². The van der Waals surface area contributed by atoms with E-state index >= 15 is 0 Å². The van der Waals surface area contributed by atoms with E-state index in [2.05, 4.69) is 32.9 Å². The second kappa shape index (κ2) is 7.11. The van der Waals surface area contributed by atoms with Gasteiger partial charge in [-0.05, 0) is 41.6 Å². The second-order valence-corrected chi connectivity index (χ2v) is 9.49. The van der Waals surface area contributed by atoms with E-state index in [9.17, 15) is 4.79 Å². The zero-order chi connectivity index (χ0) is 17.2. The lowest BCUT2D eigenvalue weighted by molar-refractivity contribution is -0.143. The minimum atomic E-state index is -0.0500. The van der Waals surface area contributed by atoms with Crippen LogP contribution >= 0.6 is 11.8 Å². The number of fused-ring (bicyclic) bond motifs is 2. The van der Waals surface area contributed by atoms with Crippen molar-refractivity contribution in [2.75, 3.05) is 12.4 Å². The summed E-state index contributed by atoms with van der Waals surface area (Å²) in [6, 6.07) is 10.2. The molecule has 0 amide bonds. The molecule has 0 aliphatic heterocycles. The van der Waals surface area contributed by atoms with E-state index in [4.69, 9.17) is 4.74 Å². The van der Waals surface area contributed by atoms with Gasteiger partial charge in [0.25, 0.3) is 0 Å². The van der Waals surface area contributed by atoms with Gasteiger partial charge in [-0.1, -0.05) is 51.1 Å². The SMILES string of the molecule is CC1(C)C2CCC1(C)C(SCCC(=O)OCCc1ccccc1)C2. The van der Waals surface area contributed by atoms with Gasteiger partial charge in [-0.15, -0.1) is 0 Å². The summed E-state index contributed by atoms with van der Waals surface area (Å²) in [6.45, 7) is 7.85. The molecule has 0 radical (unpaired) electrons.